The number of fused-ring (bicyclic) bond motifs is 3. The smallest absolute Gasteiger partial charge is 0.352 e. The van der Waals surface area contributed by atoms with Crippen LogP contribution in [0.15, 0.2) is 45.3 Å². The van der Waals surface area contributed by atoms with Gasteiger partial charge in [0.1, 0.15) is 10.5 Å². The minimum Gasteiger partial charge on any atom is -0.376 e. The number of rotatable bonds is 4. The molecule has 0 radical (unpaired) electrons. The molecule has 28 heavy (non-hydrogen) atoms. The van der Waals surface area contributed by atoms with E-state index in [0.29, 0.717) is 29.1 Å². The van der Waals surface area contributed by atoms with E-state index in [1.54, 1.807) is 23.6 Å². The first-order valence-corrected chi connectivity index (χ1v) is 9.95. The van der Waals surface area contributed by atoms with E-state index in [9.17, 15) is 14.0 Å². The molecule has 1 aliphatic rings. The van der Waals surface area contributed by atoms with Crippen molar-refractivity contribution in [3.05, 3.63) is 67.9 Å². The molecule has 1 aromatic carbocycles. The van der Waals surface area contributed by atoms with Crippen molar-refractivity contribution < 1.29 is 9.13 Å². The average Bonchev–Trinajstić information content (AvgIpc) is 3.42. The minimum atomic E-state index is -0.337. The zero-order valence-corrected chi connectivity index (χ0v) is 15.7. The van der Waals surface area contributed by atoms with Crippen LogP contribution in [0.1, 0.15) is 18.4 Å². The summed E-state index contributed by atoms with van der Waals surface area (Å²) in [7, 11) is 0. The second-order valence-corrected chi connectivity index (χ2v) is 7.80. The largest absolute Gasteiger partial charge is 0.376 e. The summed E-state index contributed by atoms with van der Waals surface area (Å²) >= 11 is 1.31. The highest BCUT2D eigenvalue weighted by molar-refractivity contribution is 7.17. The van der Waals surface area contributed by atoms with Crippen molar-refractivity contribution >= 4 is 27.3 Å². The van der Waals surface area contributed by atoms with Crippen LogP contribution in [0.5, 0.6) is 0 Å². The fraction of sp³-hybridized carbons (Fsp3) is 0.316. The molecule has 0 unspecified atom stereocenters. The van der Waals surface area contributed by atoms with Gasteiger partial charge in [-0.05, 0) is 42.0 Å². The number of halogens is 1. The fourth-order valence-electron chi connectivity index (χ4n) is 3.66. The lowest BCUT2D eigenvalue weighted by Crippen LogP contribution is -2.29. The fourth-order valence-corrected chi connectivity index (χ4v) is 4.48. The Hall–Kier alpha value is -2.78. The summed E-state index contributed by atoms with van der Waals surface area (Å²) in [5.74, 6) is -0.0324. The molecular weight excluding hydrogens is 383 g/mol. The molecule has 1 saturated heterocycles. The highest BCUT2D eigenvalue weighted by Gasteiger charge is 2.22. The second kappa shape index (κ2) is 6.68. The Morgan fingerprint density at radius 1 is 1.21 bits per heavy atom. The molecule has 0 bridgehead atoms. The van der Waals surface area contributed by atoms with E-state index in [4.69, 9.17) is 4.74 Å². The zero-order chi connectivity index (χ0) is 19.3. The third kappa shape index (κ3) is 2.78. The normalized spacial score (nSPS) is 17.1. The Morgan fingerprint density at radius 2 is 2.04 bits per heavy atom. The molecule has 4 heterocycles. The lowest BCUT2D eigenvalue weighted by Gasteiger charge is -2.12. The van der Waals surface area contributed by atoms with Crippen LogP contribution < -0.4 is 11.2 Å². The first-order valence-electron chi connectivity index (χ1n) is 9.07. The third-order valence-corrected chi connectivity index (χ3v) is 5.94. The first kappa shape index (κ1) is 17.3. The van der Waals surface area contributed by atoms with Crippen molar-refractivity contribution in [1.82, 2.24) is 18.7 Å². The molecular formula is C19H17FN4O3S. The van der Waals surface area contributed by atoms with Crippen LogP contribution in [-0.2, 0) is 17.8 Å². The molecule has 0 aliphatic carbocycles. The number of thiophene rings is 1. The van der Waals surface area contributed by atoms with Crippen molar-refractivity contribution in [1.29, 1.82) is 0 Å². The quantitative estimate of drug-likeness (QED) is 0.527. The maximum Gasteiger partial charge on any atom is 0.352 e. The summed E-state index contributed by atoms with van der Waals surface area (Å²) in [4.78, 5) is 26.1. The van der Waals surface area contributed by atoms with Gasteiger partial charge < -0.3 is 4.74 Å². The van der Waals surface area contributed by atoms with Crippen molar-refractivity contribution in [3.63, 3.8) is 0 Å². The molecule has 7 nitrogen and oxygen atoms in total. The monoisotopic (exact) mass is 400 g/mol. The highest BCUT2D eigenvalue weighted by atomic mass is 32.1. The summed E-state index contributed by atoms with van der Waals surface area (Å²) in [5, 5.41) is 6.25. The van der Waals surface area contributed by atoms with Gasteiger partial charge in [0, 0.05) is 6.61 Å². The second-order valence-electron chi connectivity index (χ2n) is 6.89. The number of aromatic nitrogens is 4. The van der Waals surface area contributed by atoms with E-state index in [-0.39, 0.29) is 29.7 Å². The van der Waals surface area contributed by atoms with E-state index in [0.717, 1.165) is 18.4 Å². The molecule has 3 aromatic heterocycles. The summed E-state index contributed by atoms with van der Waals surface area (Å²) in [5.41, 5.74) is 0.821. The number of benzene rings is 1. The van der Waals surface area contributed by atoms with Crippen molar-refractivity contribution in [3.8, 4) is 0 Å². The number of hydrogen-bond donors (Lipinski definition) is 0. The SMILES string of the molecule is O=c1c2sccc2n2c(=O)n(Cc3ccc(F)cc3)nc2n1C[C@H]1CCCO1. The van der Waals surface area contributed by atoms with Gasteiger partial charge in [-0.15, -0.1) is 16.4 Å². The first-order chi connectivity index (χ1) is 13.6. The highest BCUT2D eigenvalue weighted by Crippen LogP contribution is 2.19. The van der Waals surface area contributed by atoms with E-state index in [2.05, 4.69) is 5.10 Å². The Morgan fingerprint density at radius 3 is 2.79 bits per heavy atom. The lowest BCUT2D eigenvalue weighted by molar-refractivity contribution is 0.0969. The molecule has 1 aliphatic heterocycles. The van der Waals surface area contributed by atoms with Gasteiger partial charge in [-0.25, -0.2) is 18.3 Å². The van der Waals surface area contributed by atoms with Gasteiger partial charge in [0.05, 0.1) is 24.7 Å². The lowest BCUT2D eigenvalue weighted by atomic mass is 10.2. The van der Waals surface area contributed by atoms with Gasteiger partial charge in [-0.3, -0.25) is 9.36 Å². The Labute approximate surface area is 162 Å². The van der Waals surface area contributed by atoms with Gasteiger partial charge in [0.2, 0.25) is 5.78 Å². The van der Waals surface area contributed by atoms with Crippen LogP contribution in [0.3, 0.4) is 0 Å². The third-order valence-electron chi connectivity index (χ3n) is 5.04. The van der Waals surface area contributed by atoms with Crippen LogP contribution in [0.4, 0.5) is 4.39 Å². The molecule has 1 atom stereocenters. The molecule has 4 aromatic rings. The zero-order valence-electron chi connectivity index (χ0n) is 14.9. The van der Waals surface area contributed by atoms with Crippen molar-refractivity contribution in [2.24, 2.45) is 0 Å². The van der Waals surface area contributed by atoms with Crippen LogP contribution in [-0.4, -0.2) is 31.5 Å². The van der Waals surface area contributed by atoms with Crippen molar-refractivity contribution in [2.45, 2.75) is 32.0 Å². The standard InChI is InChI=1S/C19H17FN4O3S/c20-13-5-3-12(4-6-13)10-23-19(26)24-15-7-9-28-16(15)17(25)22(18(24)21-23)11-14-2-1-8-27-14/h3-7,9,14H,1-2,8,10-11H2/t14-/m1/s1. The molecule has 0 amide bonds. The summed E-state index contributed by atoms with van der Waals surface area (Å²) in [6, 6.07) is 7.69. The maximum atomic E-state index is 13.2. The van der Waals surface area contributed by atoms with Crippen LogP contribution >= 0.6 is 11.3 Å². The van der Waals surface area contributed by atoms with E-state index in [1.807, 2.05) is 0 Å². The average molecular weight is 400 g/mol. The Bertz CT molecular complexity index is 1280. The molecule has 5 rings (SSSR count). The molecule has 0 spiro atoms. The van der Waals surface area contributed by atoms with Crippen LogP contribution in [0.25, 0.3) is 16.0 Å². The number of nitrogens with zero attached hydrogens (tertiary/aromatic N) is 4. The molecule has 9 heteroatoms. The van der Waals surface area contributed by atoms with Gasteiger partial charge in [0.25, 0.3) is 5.56 Å². The number of hydrogen-bond acceptors (Lipinski definition) is 5. The van der Waals surface area contributed by atoms with E-state index in [1.165, 1.54) is 37.1 Å². The molecule has 0 saturated carbocycles. The Balaban J connectivity index is 1.69. The van der Waals surface area contributed by atoms with Crippen molar-refractivity contribution in [2.75, 3.05) is 6.61 Å². The summed E-state index contributed by atoms with van der Waals surface area (Å²) in [6.07, 6.45) is 1.78. The molecule has 144 valence electrons. The van der Waals surface area contributed by atoms with E-state index >= 15 is 0 Å². The van der Waals surface area contributed by atoms with Gasteiger partial charge in [-0.1, -0.05) is 12.1 Å². The number of ether oxygens (including phenoxy) is 1. The van der Waals surface area contributed by atoms with Crippen LogP contribution in [0.2, 0.25) is 0 Å². The molecule has 1 fully saturated rings. The van der Waals surface area contributed by atoms with Crippen LogP contribution in [0, 0.1) is 5.82 Å². The predicted molar refractivity (Wildman–Crippen MR) is 104 cm³/mol. The topological polar surface area (TPSA) is 70.5 Å². The summed E-state index contributed by atoms with van der Waals surface area (Å²) < 4.78 is 23.7. The van der Waals surface area contributed by atoms with Gasteiger partial charge in [-0.2, -0.15) is 0 Å². The summed E-state index contributed by atoms with van der Waals surface area (Å²) in [6.45, 7) is 1.24. The van der Waals surface area contributed by atoms with Gasteiger partial charge >= 0.3 is 5.69 Å². The minimum absolute atomic E-state index is 0.0590. The van der Waals surface area contributed by atoms with Gasteiger partial charge in [0.15, 0.2) is 0 Å². The predicted octanol–water partition coefficient (Wildman–Crippen LogP) is 2.24. The van der Waals surface area contributed by atoms with E-state index < -0.39 is 0 Å². The Kier molecular flexibility index (Phi) is 4.13. The molecule has 0 N–H and O–H groups in total. The maximum absolute atomic E-state index is 13.2.